The van der Waals surface area contributed by atoms with E-state index in [1.165, 1.54) is 10.6 Å². The Balaban J connectivity index is 2.19. The van der Waals surface area contributed by atoms with Crippen LogP contribution in [0.15, 0.2) is 60.7 Å². The number of rotatable bonds is 4. The van der Waals surface area contributed by atoms with E-state index in [1.54, 1.807) is 0 Å². The lowest BCUT2D eigenvalue weighted by molar-refractivity contribution is 0.0741. The second kappa shape index (κ2) is 6.91. The van der Waals surface area contributed by atoms with Crippen LogP contribution in [0.25, 0.3) is 0 Å². The fraction of sp³-hybridized carbons (Fsp3) is 0.368. The smallest absolute Gasteiger partial charge is 0.151 e. The van der Waals surface area contributed by atoms with Crippen LogP contribution in [0.3, 0.4) is 0 Å². The maximum absolute atomic E-state index is 5.62. The minimum atomic E-state index is -1.59. The van der Waals surface area contributed by atoms with Gasteiger partial charge in [0, 0.05) is 0 Å². The summed E-state index contributed by atoms with van der Waals surface area (Å²) in [6, 6.07) is 22.2. The van der Waals surface area contributed by atoms with Gasteiger partial charge in [-0.2, -0.15) is 4.67 Å². The Morgan fingerprint density at radius 1 is 0.818 bits per heavy atom. The molecule has 2 aromatic carbocycles. The van der Waals surface area contributed by atoms with Gasteiger partial charge in [-0.05, 0) is 38.1 Å². The maximum atomic E-state index is 5.62. The standard InChI is InChI=1S/C19H25NOP/c1-17(2)22(18-9-5-3-6-10-18,19-11-7-4-8-12-19)20-13-15-21-16-14-20/h3-12,17H,13-16H2,1-2H3/q+1. The maximum Gasteiger partial charge on any atom is 0.151 e. The molecule has 116 valence electrons. The van der Waals surface area contributed by atoms with Gasteiger partial charge in [-0.3, -0.25) is 0 Å². The highest BCUT2D eigenvalue weighted by Crippen LogP contribution is 2.63. The number of hydrogen-bond donors (Lipinski definition) is 0. The molecule has 2 nitrogen and oxygen atoms in total. The summed E-state index contributed by atoms with van der Waals surface area (Å²) in [5, 5.41) is 2.97. The zero-order chi connectivity index (χ0) is 15.4. The van der Waals surface area contributed by atoms with Gasteiger partial charge in [0.2, 0.25) is 0 Å². The van der Waals surface area contributed by atoms with Crippen LogP contribution in [0.1, 0.15) is 13.8 Å². The van der Waals surface area contributed by atoms with Gasteiger partial charge in [-0.1, -0.05) is 36.4 Å². The Kier molecular flexibility index (Phi) is 4.93. The van der Waals surface area contributed by atoms with Gasteiger partial charge in [-0.25, -0.2) is 0 Å². The Bertz CT molecular complexity index is 539. The molecule has 3 rings (SSSR count). The van der Waals surface area contributed by atoms with Crippen LogP contribution in [0.4, 0.5) is 0 Å². The average Bonchev–Trinajstić information content (AvgIpc) is 2.58. The van der Waals surface area contributed by atoms with Gasteiger partial charge in [0.25, 0.3) is 0 Å². The van der Waals surface area contributed by atoms with Crippen LogP contribution in [0.2, 0.25) is 0 Å². The van der Waals surface area contributed by atoms with Gasteiger partial charge < -0.3 is 4.74 Å². The minimum Gasteiger partial charge on any atom is -0.379 e. The molecule has 0 spiro atoms. The quantitative estimate of drug-likeness (QED) is 0.803. The Labute approximate surface area is 134 Å². The highest BCUT2D eigenvalue weighted by molar-refractivity contribution is 7.88. The third kappa shape index (κ3) is 2.72. The topological polar surface area (TPSA) is 12.5 Å². The molecule has 0 bridgehead atoms. The normalized spacial score (nSPS) is 16.9. The van der Waals surface area contributed by atoms with E-state index in [2.05, 4.69) is 79.2 Å². The summed E-state index contributed by atoms with van der Waals surface area (Å²) in [7, 11) is -1.59. The van der Waals surface area contributed by atoms with Crippen LogP contribution >= 0.6 is 7.41 Å². The van der Waals surface area contributed by atoms with E-state index in [9.17, 15) is 0 Å². The summed E-state index contributed by atoms with van der Waals surface area (Å²) in [4.78, 5) is 0. The third-order valence-electron chi connectivity index (χ3n) is 4.48. The number of benzene rings is 2. The van der Waals surface area contributed by atoms with Gasteiger partial charge in [0.15, 0.2) is 7.41 Å². The number of hydrogen-bond acceptors (Lipinski definition) is 2. The molecule has 1 heterocycles. The molecule has 3 heteroatoms. The molecule has 0 unspecified atom stereocenters. The highest BCUT2D eigenvalue weighted by atomic mass is 31.2. The zero-order valence-electron chi connectivity index (χ0n) is 13.5. The monoisotopic (exact) mass is 314 g/mol. The summed E-state index contributed by atoms with van der Waals surface area (Å²) < 4.78 is 8.34. The Morgan fingerprint density at radius 3 is 1.68 bits per heavy atom. The predicted molar refractivity (Wildman–Crippen MR) is 96.6 cm³/mol. The van der Waals surface area contributed by atoms with Crippen molar-refractivity contribution in [3.05, 3.63) is 60.7 Å². The first-order valence-electron chi connectivity index (χ1n) is 8.09. The first kappa shape index (κ1) is 15.7. The molecule has 2 aromatic rings. The van der Waals surface area contributed by atoms with E-state index in [0.29, 0.717) is 5.66 Å². The first-order chi connectivity index (χ1) is 10.8. The van der Waals surface area contributed by atoms with Crippen LogP contribution in [0, 0.1) is 0 Å². The lowest BCUT2D eigenvalue weighted by atomic mass is 10.4. The fourth-order valence-electron chi connectivity index (χ4n) is 3.58. The van der Waals surface area contributed by atoms with E-state index >= 15 is 0 Å². The van der Waals surface area contributed by atoms with Crippen molar-refractivity contribution in [3.63, 3.8) is 0 Å². The van der Waals surface area contributed by atoms with Gasteiger partial charge in [-0.15, -0.1) is 0 Å². The van der Waals surface area contributed by atoms with Crippen LogP contribution in [-0.2, 0) is 4.74 Å². The van der Waals surface area contributed by atoms with E-state index < -0.39 is 7.41 Å². The van der Waals surface area contributed by atoms with Crippen molar-refractivity contribution < 1.29 is 4.74 Å². The van der Waals surface area contributed by atoms with Crippen LogP contribution in [-0.4, -0.2) is 36.6 Å². The molecule has 22 heavy (non-hydrogen) atoms. The Hall–Kier alpha value is -1.21. The Morgan fingerprint density at radius 2 is 1.27 bits per heavy atom. The predicted octanol–water partition coefficient (Wildman–Crippen LogP) is 3.31. The molecular weight excluding hydrogens is 289 g/mol. The van der Waals surface area contributed by atoms with E-state index in [4.69, 9.17) is 4.74 Å². The summed E-state index contributed by atoms with van der Waals surface area (Å²) in [6.07, 6.45) is 0. The second-order valence-electron chi connectivity index (χ2n) is 6.02. The SMILES string of the molecule is CC(C)[P+](c1ccccc1)(c1ccccc1)N1CCOCC1. The first-order valence-corrected chi connectivity index (χ1v) is 9.90. The van der Waals surface area contributed by atoms with Gasteiger partial charge in [0.1, 0.15) is 10.6 Å². The van der Waals surface area contributed by atoms with E-state index in [1.807, 2.05) is 0 Å². The number of nitrogens with zero attached hydrogens (tertiary/aromatic N) is 1. The van der Waals surface area contributed by atoms with E-state index in [0.717, 1.165) is 26.3 Å². The van der Waals surface area contributed by atoms with Crippen molar-refractivity contribution in [2.45, 2.75) is 19.5 Å². The van der Waals surface area contributed by atoms with Crippen molar-refractivity contribution in [3.8, 4) is 0 Å². The molecule has 0 radical (unpaired) electrons. The molecule has 1 aliphatic heterocycles. The average molecular weight is 314 g/mol. The molecule has 1 saturated heterocycles. The summed E-state index contributed by atoms with van der Waals surface area (Å²) >= 11 is 0. The van der Waals surface area contributed by atoms with Crippen LogP contribution < -0.4 is 10.6 Å². The molecular formula is C19H25NOP+. The molecule has 0 N–H and O–H groups in total. The molecule has 0 saturated carbocycles. The summed E-state index contributed by atoms with van der Waals surface area (Å²) in [5.74, 6) is 0. The van der Waals surface area contributed by atoms with Crippen molar-refractivity contribution in [2.24, 2.45) is 0 Å². The largest absolute Gasteiger partial charge is 0.379 e. The van der Waals surface area contributed by atoms with E-state index in [-0.39, 0.29) is 0 Å². The van der Waals surface area contributed by atoms with Crippen molar-refractivity contribution in [2.75, 3.05) is 26.3 Å². The minimum absolute atomic E-state index is 0.579. The van der Waals surface area contributed by atoms with Gasteiger partial charge in [0.05, 0.1) is 32.0 Å². The molecule has 1 fully saturated rings. The lowest BCUT2D eigenvalue weighted by Crippen LogP contribution is -2.46. The molecule has 0 aromatic heterocycles. The second-order valence-corrected chi connectivity index (χ2v) is 10.0. The van der Waals surface area contributed by atoms with Gasteiger partial charge >= 0.3 is 0 Å². The molecule has 0 aliphatic carbocycles. The molecule has 0 amide bonds. The zero-order valence-corrected chi connectivity index (χ0v) is 14.4. The lowest BCUT2D eigenvalue weighted by Gasteiger charge is -2.41. The third-order valence-corrected chi connectivity index (χ3v) is 9.44. The van der Waals surface area contributed by atoms with Crippen molar-refractivity contribution >= 4 is 18.0 Å². The molecule has 1 aliphatic rings. The number of morpholine rings is 1. The van der Waals surface area contributed by atoms with Crippen molar-refractivity contribution in [1.82, 2.24) is 4.67 Å². The highest BCUT2D eigenvalue weighted by Gasteiger charge is 2.52. The fourth-order valence-corrected chi connectivity index (χ4v) is 8.42. The molecule has 0 atom stereocenters. The summed E-state index contributed by atoms with van der Waals surface area (Å²) in [5.41, 5.74) is 0.579. The van der Waals surface area contributed by atoms with Crippen LogP contribution in [0.5, 0.6) is 0 Å². The van der Waals surface area contributed by atoms with Crippen molar-refractivity contribution in [1.29, 1.82) is 0 Å². The summed E-state index contributed by atoms with van der Waals surface area (Å²) in [6.45, 7) is 8.49. The number of ether oxygens (including phenoxy) is 1.